The molecule has 0 aliphatic heterocycles. The van der Waals surface area contributed by atoms with E-state index in [-0.39, 0.29) is 0 Å². The second-order valence-electron chi connectivity index (χ2n) is 7.68. The molecule has 0 unspecified atom stereocenters. The Labute approximate surface area is 155 Å². The molecule has 0 amide bonds. The molecular formula is C23H36S. The molecule has 0 aromatic heterocycles. The van der Waals surface area contributed by atoms with Gasteiger partial charge in [-0.3, -0.25) is 0 Å². The Balaban J connectivity index is 3.01. The van der Waals surface area contributed by atoms with Crippen LogP contribution in [0.25, 0.3) is 0 Å². The molecule has 0 saturated heterocycles. The van der Waals surface area contributed by atoms with Gasteiger partial charge >= 0.3 is 0 Å². The highest BCUT2D eigenvalue weighted by atomic mass is 32.2. The summed E-state index contributed by atoms with van der Waals surface area (Å²) in [6, 6.07) is 4.82. The Morgan fingerprint density at radius 1 is 0.833 bits per heavy atom. The molecule has 0 atom stereocenters. The number of rotatable bonds is 8. The molecule has 0 spiro atoms. The Bertz CT molecular complexity index is 526. The third kappa shape index (κ3) is 6.56. The average molecular weight is 345 g/mol. The van der Waals surface area contributed by atoms with Gasteiger partial charge in [0.05, 0.1) is 0 Å². The standard InChI is InChI=1S/C23H36S/c1-8-9-10-11-12-13-14-24-23-21(18(4)5)15-20(17(2)3)16-22(23)19(6)7/h15-19H,8-12H2,1-7H3. The van der Waals surface area contributed by atoms with Crippen LogP contribution in [-0.4, -0.2) is 0 Å². The van der Waals surface area contributed by atoms with Crippen molar-refractivity contribution in [1.29, 1.82) is 0 Å². The van der Waals surface area contributed by atoms with Crippen LogP contribution in [0, 0.1) is 11.2 Å². The fourth-order valence-electron chi connectivity index (χ4n) is 2.79. The fourth-order valence-corrected chi connectivity index (χ4v) is 3.89. The van der Waals surface area contributed by atoms with Crippen molar-refractivity contribution in [3.63, 3.8) is 0 Å². The zero-order chi connectivity index (χ0) is 18.1. The lowest BCUT2D eigenvalue weighted by Gasteiger charge is -2.21. The van der Waals surface area contributed by atoms with Gasteiger partial charge in [0, 0.05) is 11.3 Å². The monoisotopic (exact) mass is 344 g/mol. The Kier molecular flexibility index (Phi) is 9.60. The van der Waals surface area contributed by atoms with Crippen LogP contribution >= 0.6 is 11.8 Å². The minimum absolute atomic E-state index is 0.537. The summed E-state index contributed by atoms with van der Waals surface area (Å²) in [6.07, 6.45) is 6.21. The highest BCUT2D eigenvalue weighted by molar-refractivity contribution is 8.04. The second-order valence-corrected chi connectivity index (χ2v) is 8.50. The minimum atomic E-state index is 0.537. The molecule has 0 aliphatic rings. The first-order valence-electron chi connectivity index (χ1n) is 9.70. The molecule has 24 heavy (non-hydrogen) atoms. The molecule has 0 saturated carbocycles. The summed E-state index contributed by atoms with van der Waals surface area (Å²) < 4.78 is 0. The van der Waals surface area contributed by atoms with Crippen LogP contribution in [0.4, 0.5) is 0 Å². The first-order chi connectivity index (χ1) is 11.4. The molecule has 0 nitrogen and oxygen atoms in total. The normalized spacial score (nSPS) is 11.2. The van der Waals surface area contributed by atoms with E-state index in [1.807, 2.05) is 0 Å². The molecule has 1 aromatic carbocycles. The van der Waals surface area contributed by atoms with Crippen LogP contribution in [0.3, 0.4) is 0 Å². The van der Waals surface area contributed by atoms with E-state index in [4.69, 9.17) is 0 Å². The third-order valence-electron chi connectivity index (χ3n) is 4.46. The molecule has 0 fully saturated rings. The van der Waals surface area contributed by atoms with Crippen molar-refractivity contribution < 1.29 is 0 Å². The number of hydrogen-bond donors (Lipinski definition) is 0. The number of benzene rings is 1. The van der Waals surface area contributed by atoms with E-state index in [1.165, 1.54) is 47.3 Å². The zero-order valence-corrected chi connectivity index (χ0v) is 17.6. The number of thioether (sulfide) groups is 1. The molecule has 0 bridgehead atoms. The van der Waals surface area contributed by atoms with Crippen molar-refractivity contribution in [1.82, 2.24) is 0 Å². The number of unbranched alkanes of at least 4 members (excludes halogenated alkanes) is 4. The Morgan fingerprint density at radius 3 is 1.88 bits per heavy atom. The van der Waals surface area contributed by atoms with Gasteiger partial charge in [0.25, 0.3) is 0 Å². The molecule has 1 heteroatoms. The van der Waals surface area contributed by atoms with Gasteiger partial charge in [0.1, 0.15) is 0 Å². The summed E-state index contributed by atoms with van der Waals surface area (Å²) in [4.78, 5) is 1.41. The van der Waals surface area contributed by atoms with Crippen LogP contribution in [0.5, 0.6) is 0 Å². The maximum Gasteiger partial charge on any atom is 0.0272 e. The van der Waals surface area contributed by atoms with E-state index >= 15 is 0 Å². The molecular weight excluding hydrogens is 308 g/mol. The predicted molar refractivity (Wildman–Crippen MR) is 111 cm³/mol. The zero-order valence-electron chi connectivity index (χ0n) is 16.8. The average Bonchev–Trinajstić information content (AvgIpc) is 2.53. The van der Waals surface area contributed by atoms with Gasteiger partial charge in [-0.25, -0.2) is 0 Å². The van der Waals surface area contributed by atoms with E-state index in [1.54, 1.807) is 11.8 Å². The van der Waals surface area contributed by atoms with Gasteiger partial charge in [0.2, 0.25) is 0 Å². The topological polar surface area (TPSA) is 0 Å². The molecule has 0 N–H and O–H groups in total. The van der Waals surface area contributed by atoms with Crippen LogP contribution in [-0.2, 0) is 0 Å². The van der Waals surface area contributed by atoms with E-state index < -0.39 is 0 Å². The minimum Gasteiger partial charge on any atom is -0.0909 e. The van der Waals surface area contributed by atoms with Crippen LogP contribution < -0.4 is 0 Å². The van der Waals surface area contributed by atoms with Crippen molar-refractivity contribution in [3.05, 3.63) is 28.8 Å². The van der Waals surface area contributed by atoms with Crippen molar-refractivity contribution in [2.75, 3.05) is 0 Å². The molecule has 0 aliphatic carbocycles. The SMILES string of the molecule is CCCCCCC#CSc1c(C(C)C)cc(C(C)C)cc1C(C)C. The number of hydrogen-bond acceptors (Lipinski definition) is 1. The summed E-state index contributed by atoms with van der Waals surface area (Å²) in [5.74, 6) is 5.02. The van der Waals surface area contributed by atoms with Gasteiger partial charge < -0.3 is 0 Å². The maximum atomic E-state index is 3.38. The summed E-state index contributed by atoms with van der Waals surface area (Å²) in [5.41, 5.74) is 4.39. The van der Waals surface area contributed by atoms with E-state index in [0.29, 0.717) is 17.8 Å². The van der Waals surface area contributed by atoms with E-state index in [9.17, 15) is 0 Å². The van der Waals surface area contributed by atoms with Crippen LogP contribution in [0.15, 0.2) is 17.0 Å². The van der Waals surface area contributed by atoms with E-state index in [0.717, 1.165) is 6.42 Å². The molecule has 0 radical (unpaired) electrons. The highest BCUT2D eigenvalue weighted by Gasteiger charge is 2.17. The Morgan fingerprint density at radius 2 is 1.42 bits per heavy atom. The lowest BCUT2D eigenvalue weighted by Crippen LogP contribution is -2.02. The molecule has 1 rings (SSSR count). The van der Waals surface area contributed by atoms with Crippen LogP contribution in [0.2, 0.25) is 0 Å². The lowest BCUT2D eigenvalue weighted by molar-refractivity contribution is 0.680. The summed E-state index contributed by atoms with van der Waals surface area (Å²) >= 11 is 1.75. The van der Waals surface area contributed by atoms with Gasteiger partial charge in [-0.05, 0) is 57.9 Å². The first-order valence-corrected chi connectivity index (χ1v) is 10.5. The summed E-state index contributed by atoms with van der Waals surface area (Å²) in [5, 5.41) is 3.38. The van der Waals surface area contributed by atoms with Gasteiger partial charge in [0.15, 0.2) is 0 Å². The second kappa shape index (κ2) is 10.9. The van der Waals surface area contributed by atoms with Crippen molar-refractivity contribution >= 4 is 11.8 Å². The summed E-state index contributed by atoms with van der Waals surface area (Å²) in [6.45, 7) is 16.0. The third-order valence-corrected chi connectivity index (χ3v) is 5.38. The fraction of sp³-hybridized carbons (Fsp3) is 0.652. The van der Waals surface area contributed by atoms with Crippen molar-refractivity contribution in [2.45, 2.75) is 103 Å². The van der Waals surface area contributed by atoms with Crippen LogP contribution in [0.1, 0.15) is 115 Å². The van der Waals surface area contributed by atoms with Crippen molar-refractivity contribution in [3.8, 4) is 11.2 Å². The Hall–Kier alpha value is -0.870. The highest BCUT2D eigenvalue weighted by Crippen LogP contribution is 2.37. The van der Waals surface area contributed by atoms with E-state index in [2.05, 4.69) is 71.8 Å². The molecule has 1 aromatic rings. The van der Waals surface area contributed by atoms with Gasteiger partial charge in [-0.15, -0.1) is 0 Å². The smallest absolute Gasteiger partial charge is 0.0272 e. The predicted octanol–water partition coefficient (Wildman–Crippen LogP) is 8.08. The lowest BCUT2D eigenvalue weighted by atomic mass is 9.89. The van der Waals surface area contributed by atoms with Crippen molar-refractivity contribution in [2.24, 2.45) is 0 Å². The van der Waals surface area contributed by atoms with Gasteiger partial charge in [-0.1, -0.05) is 85.8 Å². The quantitative estimate of drug-likeness (QED) is 0.261. The van der Waals surface area contributed by atoms with Gasteiger partial charge in [-0.2, -0.15) is 0 Å². The molecule has 134 valence electrons. The first kappa shape index (κ1) is 21.2. The molecule has 0 heterocycles. The largest absolute Gasteiger partial charge is 0.0909 e. The summed E-state index contributed by atoms with van der Waals surface area (Å²) in [7, 11) is 0. The maximum absolute atomic E-state index is 3.38.